The first-order chi connectivity index (χ1) is 12.6. The molecule has 130 valence electrons. The molecule has 0 saturated carbocycles. The molecule has 0 bridgehead atoms. The van der Waals surface area contributed by atoms with Gasteiger partial charge in [0.25, 0.3) is 0 Å². The SMILES string of the molecule is Cc1cc2c(cc1C)CN(c1ccc(C=Nc3ccc(Cl)cc3)cc1)C2. The fraction of sp³-hybridized carbons (Fsp3) is 0.174. The van der Waals surface area contributed by atoms with E-state index < -0.39 is 0 Å². The lowest BCUT2D eigenvalue weighted by molar-refractivity contribution is 0.880. The normalized spacial score (nSPS) is 13.4. The number of halogens is 1. The van der Waals surface area contributed by atoms with Gasteiger partial charge in [0.2, 0.25) is 0 Å². The van der Waals surface area contributed by atoms with Crippen LogP contribution in [-0.4, -0.2) is 6.21 Å². The molecule has 0 aromatic heterocycles. The van der Waals surface area contributed by atoms with Crippen LogP contribution in [0, 0.1) is 13.8 Å². The van der Waals surface area contributed by atoms with Crippen molar-refractivity contribution < 1.29 is 0 Å². The highest BCUT2D eigenvalue weighted by Crippen LogP contribution is 2.30. The van der Waals surface area contributed by atoms with Gasteiger partial charge in [0.1, 0.15) is 0 Å². The third-order valence-electron chi connectivity index (χ3n) is 4.99. The predicted octanol–water partition coefficient (Wildman–Crippen LogP) is 6.23. The van der Waals surface area contributed by atoms with Crippen LogP contribution in [0.15, 0.2) is 65.7 Å². The monoisotopic (exact) mass is 360 g/mol. The first-order valence-electron chi connectivity index (χ1n) is 8.82. The lowest BCUT2D eigenvalue weighted by atomic mass is 10.0. The van der Waals surface area contributed by atoms with Gasteiger partial charge in [-0.05, 0) is 78.1 Å². The molecule has 3 aromatic rings. The second kappa shape index (κ2) is 6.97. The third-order valence-corrected chi connectivity index (χ3v) is 5.24. The van der Waals surface area contributed by atoms with Crippen molar-refractivity contribution >= 4 is 29.2 Å². The van der Waals surface area contributed by atoms with Crippen molar-refractivity contribution in [3.05, 3.63) is 93.5 Å². The molecular formula is C23H21ClN2. The van der Waals surface area contributed by atoms with Crippen LogP contribution in [0.3, 0.4) is 0 Å². The van der Waals surface area contributed by atoms with Crippen LogP contribution in [0.4, 0.5) is 11.4 Å². The molecular weight excluding hydrogens is 340 g/mol. The molecule has 0 unspecified atom stereocenters. The predicted molar refractivity (Wildman–Crippen MR) is 111 cm³/mol. The maximum Gasteiger partial charge on any atom is 0.0630 e. The molecule has 0 atom stereocenters. The second-order valence-electron chi connectivity index (χ2n) is 6.89. The Kier molecular flexibility index (Phi) is 4.52. The molecule has 0 radical (unpaired) electrons. The van der Waals surface area contributed by atoms with Crippen molar-refractivity contribution in [2.24, 2.45) is 4.99 Å². The topological polar surface area (TPSA) is 15.6 Å². The number of aliphatic imine (C=N–C) groups is 1. The Bertz CT molecular complexity index is 926. The smallest absolute Gasteiger partial charge is 0.0630 e. The summed E-state index contributed by atoms with van der Waals surface area (Å²) >= 11 is 5.90. The van der Waals surface area contributed by atoms with E-state index in [-0.39, 0.29) is 0 Å². The summed E-state index contributed by atoms with van der Waals surface area (Å²) in [5.74, 6) is 0. The molecule has 2 nitrogen and oxygen atoms in total. The zero-order valence-corrected chi connectivity index (χ0v) is 15.8. The van der Waals surface area contributed by atoms with Gasteiger partial charge in [-0.2, -0.15) is 0 Å². The van der Waals surface area contributed by atoms with Gasteiger partial charge in [-0.15, -0.1) is 0 Å². The summed E-state index contributed by atoms with van der Waals surface area (Å²) in [6.45, 7) is 6.34. The molecule has 0 spiro atoms. The Labute approximate surface area is 159 Å². The van der Waals surface area contributed by atoms with Gasteiger partial charge in [0.05, 0.1) is 5.69 Å². The average molecular weight is 361 g/mol. The Hall–Kier alpha value is -2.58. The van der Waals surface area contributed by atoms with Gasteiger partial charge in [-0.25, -0.2) is 0 Å². The van der Waals surface area contributed by atoms with E-state index in [4.69, 9.17) is 11.6 Å². The fourth-order valence-corrected chi connectivity index (χ4v) is 3.45. The van der Waals surface area contributed by atoms with Crippen LogP contribution in [0.25, 0.3) is 0 Å². The van der Waals surface area contributed by atoms with E-state index in [1.54, 1.807) is 0 Å². The zero-order chi connectivity index (χ0) is 18.1. The quantitative estimate of drug-likeness (QED) is 0.505. The van der Waals surface area contributed by atoms with Crippen molar-refractivity contribution in [2.75, 3.05) is 4.90 Å². The minimum Gasteiger partial charge on any atom is -0.363 e. The Morgan fingerprint density at radius 3 is 2.00 bits per heavy atom. The Morgan fingerprint density at radius 1 is 0.846 bits per heavy atom. The van der Waals surface area contributed by atoms with E-state index >= 15 is 0 Å². The highest BCUT2D eigenvalue weighted by atomic mass is 35.5. The van der Waals surface area contributed by atoms with Gasteiger partial charge in [-0.3, -0.25) is 4.99 Å². The van der Waals surface area contributed by atoms with E-state index in [2.05, 4.69) is 60.1 Å². The van der Waals surface area contributed by atoms with Crippen molar-refractivity contribution in [3.8, 4) is 0 Å². The first-order valence-corrected chi connectivity index (χ1v) is 9.20. The molecule has 3 heteroatoms. The van der Waals surface area contributed by atoms with Crippen LogP contribution < -0.4 is 4.90 Å². The summed E-state index contributed by atoms with van der Waals surface area (Å²) in [5.41, 5.74) is 8.88. The van der Waals surface area contributed by atoms with Crippen molar-refractivity contribution in [3.63, 3.8) is 0 Å². The summed E-state index contributed by atoms with van der Waals surface area (Å²) in [5, 5.41) is 0.727. The number of hydrogen-bond donors (Lipinski definition) is 0. The summed E-state index contributed by atoms with van der Waals surface area (Å²) in [7, 11) is 0. The van der Waals surface area contributed by atoms with Crippen LogP contribution in [-0.2, 0) is 13.1 Å². The average Bonchev–Trinajstić information content (AvgIpc) is 3.05. The Balaban J connectivity index is 1.47. The summed E-state index contributed by atoms with van der Waals surface area (Å²) in [4.78, 5) is 6.92. The van der Waals surface area contributed by atoms with Gasteiger partial charge in [0.15, 0.2) is 0 Å². The Morgan fingerprint density at radius 2 is 1.42 bits per heavy atom. The molecule has 1 aliphatic rings. The number of hydrogen-bond acceptors (Lipinski definition) is 2. The second-order valence-corrected chi connectivity index (χ2v) is 7.32. The summed E-state index contributed by atoms with van der Waals surface area (Å²) in [6, 6.07) is 20.8. The van der Waals surface area contributed by atoms with E-state index in [0.29, 0.717) is 0 Å². The molecule has 0 saturated heterocycles. The molecule has 1 heterocycles. The molecule has 0 N–H and O–H groups in total. The number of aryl methyl sites for hydroxylation is 2. The zero-order valence-electron chi connectivity index (χ0n) is 15.0. The van der Waals surface area contributed by atoms with E-state index in [9.17, 15) is 0 Å². The molecule has 26 heavy (non-hydrogen) atoms. The molecule has 0 amide bonds. The minimum atomic E-state index is 0.727. The number of rotatable bonds is 3. The summed E-state index contributed by atoms with van der Waals surface area (Å²) < 4.78 is 0. The molecule has 0 aliphatic carbocycles. The lowest BCUT2D eigenvalue weighted by Crippen LogP contribution is -2.14. The van der Waals surface area contributed by atoms with Gasteiger partial charge in [0, 0.05) is 30.0 Å². The maximum absolute atomic E-state index is 5.90. The number of nitrogens with zero attached hydrogens (tertiary/aromatic N) is 2. The number of benzene rings is 3. The largest absolute Gasteiger partial charge is 0.363 e. The summed E-state index contributed by atoms with van der Waals surface area (Å²) in [6.07, 6.45) is 1.89. The number of fused-ring (bicyclic) bond motifs is 1. The maximum atomic E-state index is 5.90. The number of anilines is 1. The van der Waals surface area contributed by atoms with Crippen molar-refractivity contribution in [1.29, 1.82) is 0 Å². The lowest BCUT2D eigenvalue weighted by Gasteiger charge is -2.17. The van der Waals surface area contributed by atoms with Crippen molar-refractivity contribution in [2.45, 2.75) is 26.9 Å². The third kappa shape index (κ3) is 3.51. The molecule has 4 rings (SSSR count). The van der Waals surface area contributed by atoms with Crippen LogP contribution in [0.1, 0.15) is 27.8 Å². The standard InChI is InChI=1S/C23H21ClN2/c1-16-11-19-14-26(15-20(19)12-17(16)2)23-9-3-18(4-10-23)13-25-22-7-5-21(24)6-8-22/h3-13H,14-15H2,1-2H3. The highest BCUT2D eigenvalue weighted by molar-refractivity contribution is 6.30. The van der Waals surface area contributed by atoms with Crippen LogP contribution >= 0.6 is 11.6 Å². The van der Waals surface area contributed by atoms with E-state index in [0.717, 1.165) is 29.4 Å². The van der Waals surface area contributed by atoms with Crippen LogP contribution in [0.2, 0.25) is 5.02 Å². The molecule has 1 aliphatic heterocycles. The minimum absolute atomic E-state index is 0.727. The van der Waals surface area contributed by atoms with Crippen LogP contribution in [0.5, 0.6) is 0 Å². The van der Waals surface area contributed by atoms with Crippen molar-refractivity contribution in [1.82, 2.24) is 0 Å². The van der Waals surface area contributed by atoms with Gasteiger partial charge < -0.3 is 4.90 Å². The van der Waals surface area contributed by atoms with Gasteiger partial charge in [-0.1, -0.05) is 35.9 Å². The van der Waals surface area contributed by atoms with Gasteiger partial charge >= 0.3 is 0 Å². The molecule has 3 aromatic carbocycles. The van der Waals surface area contributed by atoms with E-state index in [1.807, 2.05) is 30.5 Å². The first kappa shape index (κ1) is 16.9. The highest BCUT2D eigenvalue weighted by Gasteiger charge is 2.19. The molecule has 0 fully saturated rings. The van der Waals surface area contributed by atoms with E-state index in [1.165, 1.54) is 27.9 Å². The fourth-order valence-electron chi connectivity index (χ4n) is 3.33.